The van der Waals surface area contributed by atoms with Crippen LogP contribution in [0.4, 0.5) is 10.6 Å². The minimum atomic E-state index is -4.17. The predicted molar refractivity (Wildman–Crippen MR) is 172 cm³/mol. The van der Waals surface area contributed by atoms with Crippen LogP contribution in [0.25, 0.3) is 10.6 Å². The SMILES string of the molecule is CC(C)(C)OC(=O)N(c1cccc(C(NCc2ccc(-c3nccs3)cc2)S(=O)(=O)c2ccccn2)n1)C(C(=O)O)C(C)(C)C. The molecule has 2 atom stereocenters. The molecule has 45 heavy (non-hydrogen) atoms. The van der Waals surface area contributed by atoms with E-state index in [4.69, 9.17) is 4.74 Å². The van der Waals surface area contributed by atoms with Crippen LogP contribution in [0.15, 0.2) is 83.5 Å². The van der Waals surface area contributed by atoms with Crippen LogP contribution in [0.5, 0.6) is 0 Å². The number of aromatic nitrogens is 3. The normalized spacial score (nSPS) is 13.6. The molecule has 0 saturated heterocycles. The van der Waals surface area contributed by atoms with E-state index >= 15 is 0 Å². The minimum absolute atomic E-state index is 0.0455. The summed E-state index contributed by atoms with van der Waals surface area (Å²) < 4.78 is 33.6. The minimum Gasteiger partial charge on any atom is -0.480 e. The summed E-state index contributed by atoms with van der Waals surface area (Å²) in [7, 11) is -4.17. The molecule has 1 aromatic carbocycles. The Morgan fingerprint density at radius 3 is 2.22 bits per heavy atom. The summed E-state index contributed by atoms with van der Waals surface area (Å²) >= 11 is 1.52. The van der Waals surface area contributed by atoms with Crippen LogP contribution < -0.4 is 10.2 Å². The zero-order valence-electron chi connectivity index (χ0n) is 26.0. The lowest BCUT2D eigenvalue weighted by molar-refractivity contribution is -0.141. The zero-order chi connectivity index (χ0) is 33.0. The highest BCUT2D eigenvalue weighted by Crippen LogP contribution is 2.32. The third-order valence-corrected chi connectivity index (χ3v) is 9.21. The maximum atomic E-state index is 14.0. The average molecular weight is 652 g/mol. The average Bonchev–Trinajstić information content (AvgIpc) is 3.50. The molecule has 0 aliphatic heterocycles. The fourth-order valence-electron chi connectivity index (χ4n) is 4.58. The number of rotatable bonds is 10. The second-order valence-electron chi connectivity index (χ2n) is 12.4. The molecule has 0 spiro atoms. The summed E-state index contributed by atoms with van der Waals surface area (Å²) in [5.74, 6) is -1.34. The summed E-state index contributed by atoms with van der Waals surface area (Å²) in [4.78, 5) is 40.0. The summed E-state index contributed by atoms with van der Waals surface area (Å²) in [6.45, 7) is 10.2. The van der Waals surface area contributed by atoms with Crippen molar-refractivity contribution in [1.82, 2.24) is 20.3 Å². The van der Waals surface area contributed by atoms with Crippen LogP contribution in [-0.2, 0) is 25.9 Å². The van der Waals surface area contributed by atoms with E-state index in [1.807, 2.05) is 29.6 Å². The van der Waals surface area contributed by atoms with Gasteiger partial charge in [-0.3, -0.25) is 5.32 Å². The second-order valence-corrected chi connectivity index (χ2v) is 15.3. The molecule has 0 fully saturated rings. The first kappa shape index (κ1) is 33.7. The van der Waals surface area contributed by atoms with Crippen LogP contribution in [0.2, 0.25) is 0 Å². The molecule has 2 N–H and O–H groups in total. The van der Waals surface area contributed by atoms with E-state index in [9.17, 15) is 23.1 Å². The summed E-state index contributed by atoms with van der Waals surface area (Å²) in [6, 6.07) is 15.3. The van der Waals surface area contributed by atoms with Gasteiger partial charge in [0.25, 0.3) is 0 Å². The largest absolute Gasteiger partial charge is 0.480 e. The van der Waals surface area contributed by atoms with Crippen LogP contribution >= 0.6 is 11.3 Å². The number of hydrogen-bond acceptors (Lipinski definition) is 10. The van der Waals surface area contributed by atoms with Crippen LogP contribution in [0.3, 0.4) is 0 Å². The van der Waals surface area contributed by atoms with Crippen molar-refractivity contribution in [3.05, 3.63) is 89.7 Å². The van der Waals surface area contributed by atoms with E-state index in [2.05, 4.69) is 20.3 Å². The predicted octanol–water partition coefficient (Wildman–Crippen LogP) is 6.10. The van der Waals surface area contributed by atoms with Crippen LogP contribution in [0, 0.1) is 5.41 Å². The molecule has 3 heterocycles. The molecule has 2 unspecified atom stereocenters. The Labute approximate surface area is 267 Å². The van der Waals surface area contributed by atoms with Gasteiger partial charge in [-0.1, -0.05) is 57.2 Å². The van der Waals surface area contributed by atoms with Gasteiger partial charge in [-0.15, -0.1) is 11.3 Å². The van der Waals surface area contributed by atoms with Gasteiger partial charge in [0.15, 0.2) is 10.4 Å². The number of amides is 1. The third-order valence-electron chi connectivity index (χ3n) is 6.54. The monoisotopic (exact) mass is 651 g/mol. The number of carboxylic acid groups (broad SMARTS) is 1. The number of anilines is 1. The lowest BCUT2D eigenvalue weighted by Crippen LogP contribution is -2.54. The molecule has 3 aromatic heterocycles. The van der Waals surface area contributed by atoms with Gasteiger partial charge < -0.3 is 9.84 Å². The number of carbonyl (C=O) groups is 2. The van der Waals surface area contributed by atoms with Gasteiger partial charge in [0.05, 0.1) is 5.69 Å². The highest BCUT2D eigenvalue weighted by atomic mass is 32.2. The quantitative estimate of drug-likeness (QED) is 0.206. The molecule has 11 nitrogen and oxygen atoms in total. The first-order valence-corrected chi connectivity index (χ1v) is 16.6. The number of hydrogen-bond donors (Lipinski definition) is 2. The number of pyridine rings is 2. The van der Waals surface area contributed by atoms with E-state index < -0.39 is 44.3 Å². The Morgan fingerprint density at radius 2 is 1.67 bits per heavy atom. The first-order chi connectivity index (χ1) is 21.1. The first-order valence-electron chi connectivity index (χ1n) is 14.2. The van der Waals surface area contributed by atoms with Gasteiger partial charge in [-0.25, -0.2) is 37.9 Å². The fourth-order valence-corrected chi connectivity index (χ4v) is 6.70. The van der Waals surface area contributed by atoms with Crippen molar-refractivity contribution < 1.29 is 27.9 Å². The van der Waals surface area contributed by atoms with Gasteiger partial charge >= 0.3 is 12.1 Å². The molecular weight excluding hydrogens is 615 g/mol. The highest BCUT2D eigenvalue weighted by molar-refractivity contribution is 7.91. The van der Waals surface area contributed by atoms with Crippen molar-refractivity contribution in [1.29, 1.82) is 0 Å². The van der Waals surface area contributed by atoms with Crippen LogP contribution in [-0.4, -0.2) is 52.2 Å². The van der Waals surface area contributed by atoms with E-state index in [1.54, 1.807) is 59.9 Å². The van der Waals surface area contributed by atoms with E-state index in [1.165, 1.54) is 41.8 Å². The number of ether oxygens (including phenoxy) is 1. The van der Waals surface area contributed by atoms with Gasteiger partial charge in [-0.05, 0) is 56.0 Å². The Bertz CT molecular complexity index is 1720. The molecule has 4 aromatic rings. The van der Waals surface area contributed by atoms with E-state index in [0.717, 1.165) is 21.0 Å². The van der Waals surface area contributed by atoms with Crippen molar-refractivity contribution >= 4 is 39.1 Å². The topological polar surface area (TPSA) is 152 Å². The maximum absolute atomic E-state index is 14.0. The van der Waals surface area contributed by atoms with Gasteiger partial charge in [-0.2, -0.15) is 0 Å². The molecule has 0 radical (unpaired) electrons. The number of carboxylic acids is 1. The molecule has 0 bridgehead atoms. The summed E-state index contributed by atoms with van der Waals surface area (Å²) in [5.41, 5.74) is -0.0843. The number of thiazole rings is 1. The standard InChI is InChI=1S/C32H37N5O6S2/c1-31(2,3)26(29(38)39)37(30(40)43-32(4,5)6)24-11-9-10-23(36-24)28(45(41,42)25-12-7-8-17-33-25)35-20-21-13-15-22(16-14-21)27-34-18-19-44-27/h7-19,26,28,35H,20H2,1-6H3,(H,38,39). The number of aliphatic carboxylic acids is 1. The molecule has 1 amide bonds. The molecule has 13 heteroatoms. The van der Waals surface area contributed by atoms with E-state index in [0.29, 0.717) is 0 Å². The molecule has 0 aliphatic carbocycles. The van der Waals surface area contributed by atoms with Crippen molar-refractivity contribution in [2.24, 2.45) is 5.41 Å². The number of carbonyl (C=O) groups excluding carboxylic acids is 1. The molecule has 4 rings (SSSR count). The number of nitrogens with zero attached hydrogens (tertiary/aromatic N) is 4. The third kappa shape index (κ3) is 8.29. The Kier molecular flexibility index (Phi) is 10.1. The van der Waals surface area contributed by atoms with Crippen LogP contribution in [0.1, 0.15) is 58.2 Å². The second kappa shape index (κ2) is 13.4. The Balaban J connectivity index is 1.77. The van der Waals surface area contributed by atoms with E-state index in [-0.39, 0.29) is 23.1 Å². The molecule has 0 saturated carbocycles. The smallest absolute Gasteiger partial charge is 0.416 e. The number of sulfone groups is 1. The van der Waals surface area contributed by atoms with Crippen molar-refractivity contribution in [2.75, 3.05) is 4.90 Å². The van der Waals surface area contributed by atoms with Gasteiger partial charge in [0.1, 0.15) is 22.5 Å². The molecule has 238 valence electrons. The molecular formula is C32H37N5O6S2. The number of nitrogens with one attached hydrogen (secondary N) is 1. The lowest BCUT2D eigenvalue weighted by atomic mass is 9.85. The summed E-state index contributed by atoms with van der Waals surface area (Å²) in [5, 5.41) is 14.5. The highest BCUT2D eigenvalue weighted by Gasteiger charge is 2.43. The number of benzene rings is 1. The fraction of sp³-hybridized carbons (Fsp3) is 0.344. The lowest BCUT2D eigenvalue weighted by Gasteiger charge is -2.37. The van der Waals surface area contributed by atoms with Gasteiger partial charge in [0, 0.05) is 29.9 Å². The van der Waals surface area contributed by atoms with Crippen molar-refractivity contribution in [3.63, 3.8) is 0 Å². The Hall–Kier alpha value is -4.20. The van der Waals surface area contributed by atoms with Crippen molar-refractivity contribution in [2.45, 2.75) is 70.1 Å². The van der Waals surface area contributed by atoms with Crippen molar-refractivity contribution in [3.8, 4) is 10.6 Å². The van der Waals surface area contributed by atoms with Gasteiger partial charge in [0.2, 0.25) is 9.84 Å². The maximum Gasteiger partial charge on any atom is 0.416 e. The summed E-state index contributed by atoms with van der Waals surface area (Å²) in [6.07, 6.45) is 2.19. The zero-order valence-corrected chi connectivity index (χ0v) is 27.6. The molecule has 0 aliphatic rings. The Morgan fingerprint density at radius 1 is 0.956 bits per heavy atom.